The normalized spacial score (nSPS) is 13.8. The van der Waals surface area contributed by atoms with Crippen LogP contribution in [0.1, 0.15) is 11.1 Å². The summed E-state index contributed by atoms with van der Waals surface area (Å²) < 4.78 is 13.1. The molecule has 1 aromatic carbocycles. The second-order valence-electron chi connectivity index (χ2n) is 3.32. The molecule has 2 rings (SSSR count). The molecule has 0 bridgehead atoms. The third kappa shape index (κ3) is 0.910. The zero-order valence-electron chi connectivity index (χ0n) is 7.26. The molecule has 60 valence electrons. The highest BCUT2D eigenvalue weighted by atomic mass is 19.1. The van der Waals surface area contributed by atoms with E-state index < -0.39 is 0 Å². The van der Waals surface area contributed by atoms with Crippen molar-refractivity contribution in [3.63, 3.8) is 0 Å². The molecular formula is C10H10BF. The van der Waals surface area contributed by atoms with Crippen LogP contribution in [0.15, 0.2) is 18.1 Å². The van der Waals surface area contributed by atoms with E-state index in [1.165, 1.54) is 11.6 Å². The monoisotopic (exact) mass is 160 g/mol. The van der Waals surface area contributed by atoms with Gasteiger partial charge in [-0.25, -0.2) is 4.39 Å². The highest BCUT2D eigenvalue weighted by Crippen LogP contribution is 2.15. The molecule has 0 fully saturated rings. The highest BCUT2D eigenvalue weighted by Gasteiger charge is 2.19. The van der Waals surface area contributed by atoms with Crippen molar-refractivity contribution in [3.05, 3.63) is 35.1 Å². The van der Waals surface area contributed by atoms with Gasteiger partial charge in [-0.05, 0) is 24.1 Å². The van der Waals surface area contributed by atoms with E-state index in [9.17, 15) is 4.39 Å². The highest BCUT2D eigenvalue weighted by molar-refractivity contribution is 6.80. The third-order valence-electron chi connectivity index (χ3n) is 2.50. The Morgan fingerprint density at radius 3 is 2.83 bits per heavy atom. The van der Waals surface area contributed by atoms with Gasteiger partial charge in [-0.1, -0.05) is 24.4 Å². The minimum absolute atomic E-state index is 0.0932. The van der Waals surface area contributed by atoms with Crippen LogP contribution >= 0.6 is 0 Å². The van der Waals surface area contributed by atoms with Gasteiger partial charge >= 0.3 is 0 Å². The second-order valence-corrected chi connectivity index (χ2v) is 3.32. The van der Waals surface area contributed by atoms with Gasteiger partial charge in [0.1, 0.15) is 5.82 Å². The van der Waals surface area contributed by atoms with Gasteiger partial charge in [-0.2, -0.15) is 0 Å². The number of benzene rings is 1. The van der Waals surface area contributed by atoms with Gasteiger partial charge < -0.3 is 0 Å². The van der Waals surface area contributed by atoms with Crippen molar-refractivity contribution in [1.82, 2.24) is 0 Å². The van der Waals surface area contributed by atoms with Crippen molar-refractivity contribution in [1.29, 1.82) is 0 Å². The van der Waals surface area contributed by atoms with Crippen molar-refractivity contribution >= 4 is 18.3 Å². The fourth-order valence-corrected chi connectivity index (χ4v) is 1.82. The Morgan fingerprint density at radius 1 is 1.33 bits per heavy atom. The molecule has 0 aromatic heterocycles. The van der Waals surface area contributed by atoms with E-state index in [0.717, 1.165) is 11.0 Å². The Kier molecular flexibility index (Phi) is 1.57. The SMILES string of the molecule is CB1C=Cc2ccc(F)c(C)c21. The first-order valence-electron chi connectivity index (χ1n) is 4.17. The Morgan fingerprint density at radius 2 is 2.08 bits per heavy atom. The summed E-state index contributed by atoms with van der Waals surface area (Å²) in [6.45, 7) is 4.31. The van der Waals surface area contributed by atoms with E-state index in [0.29, 0.717) is 6.71 Å². The van der Waals surface area contributed by atoms with E-state index in [2.05, 4.69) is 18.9 Å². The molecule has 0 nitrogen and oxygen atoms in total. The van der Waals surface area contributed by atoms with Crippen molar-refractivity contribution in [2.75, 3.05) is 0 Å². The van der Waals surface area contributed by atoms with E-state index >= 15 is 0 Å². The molecule has 0 N–H and O–H groups in total. The van der Waals surface area contributed by atoms with Crippen LogP contribution in [0.5, 0.6) is 0 Å². The molecular weight excluding hydrogens is 150 g/mol. The summed E-state index contributed by atoms with van der Waals surface area (Å²) >= 11 is 0. The molecule has 0 radical (unpaired) electrons. The van der Waals surface area contributed by atoms with Crippen LogP contribution in [0, 0.1) is 12.7 Å². The lowest BCUT2D eigenvalue weighted by Crippen LogP contribution is -2.26. The van der Waals surface area contributed by atoms with Crippen LogP contribution in [0.2, 0.25) is 6.82 Å². The molecule has 0 amide bonds. The molecule has 0 spiro atoms. The molecule has 12 heavy (non-hydrogen) atoms. The van der Waals surface area contributed by atoms with Gasteiger partial charge in [0.05, 0.1) is 0 Å². The van der Waals surface area contributed by atoms with Crippen molar-refractivity contribution in [2.45, 2.75) is 13.7 Å². The topological polar surface area (TPSA) is 0 Å². The molecule has 0 saturated carbocycles. The number of rotatable bonds is 0. The molecule has 1 heterocycles. The summed E-state index contributed by atoms with van der Waals surface area (Å²) in [6.07, 6.45) is 2.06. The molecule has 1 aliphatic rings. The lowest BCUT2D eigenvalue weighted by atomic mass is 9.48. The average Bonchev–Trinajstić information content (AvgIpc) is 2.41. The van der Waals surface area contributed by atoms with Crippen LogP contribution in [-0.4, -0.2) is 6.71 Å². The van der Waals surface area contributed by atoms with Crippen LogP contribution in [0.25, 0.3) is 6.08 Å². The zero-order valence-corrected chi connectivity index (χ0v) is 7.26. The molecule has 1 aliphatic heterocycles. The van der Waals surface area contributed by atoms with Gasteiger partial charge in [0.15, 0.2) is 6.71 Å². The quantitative estimate of drug-likeness (QED) is 0.509. The fourth-order valence-electron chi connectivity index (χ4n) is 1.82. The van der Waals surface area contributed by atoms with Gasteiger partial charge in [-0.3, -0.25) is 0 Å². The Hall–Kier alpha value is -1.05. The van der Waals surface area contributed by atoms with Crippen LogP contribution in [0.3, 0.4) is 0 Å². The standard InChI is InChI=1S/C10H10BF/c1-7-9(12)4-3-8-5-6-11(2)10(7)8/h3-6H,1-2H3. The predicted molar refractivity (Wildman–Crippen MR) is 51.4 cm³/mol. The molecule has 0 saturated heterocycles. The molecule has 2 heteroatoms. The maximum atomic E-state index is 13.1. The van der Waals surface area contributed by atoms with Crippen molar-refractivity contribution < 1.29 is 4.39 Å². The first-order chi connectivity index (χ1) is 5.70. The third-order valence-corrected chi connectivity index (χ3v) is 2.50. The number of hydrogen-bond acceptors (Lipinski definition) is 0. The second kappa shape index (κ2) is 2.48. The predicted octanol–water partition coefficient (Wildman–Crippen LogP) is 2.03. The van der Waals surface area contributed by atoms with E-state index in [1.54, 1.807) is 0 Å². The van der Waals surface area contributed by atoms with E-state index in [4.69, 9.17) is 0 Å². The molecule has 0 atom stereocenters. The molecule has 0 aliphatic carbocycles. The maximum absolute atomic E-state index is 13.1. The smallest absolute Gasteiger partial charge is 0.199 e. The Balaban J connectivity index is 2.68. The summed E-state index contributed by atoms with van der Waals surface area (Å²) in [7, 11) is 0. The first kappa shape index (κ1) is 7.60. The number of hydrogen-bond donors (Lipinski definition) is 0. The average molecular weight is 160 g/mol. The lowest BCUT2D eigenvalue weighted by molar-refractivity contribution is 0.620. The fraction of sp³-hybridized carbons (Fsp3) is 0.200. The minimum Gasteiger partial charge on any atom is -0.207 e. The minimum atomic E-state index is -0.0932. The van der Waals surface area contributed by atoms with E-state index in [1.807, 2.05) is 13.0 Å². The van der Waals surface area contributed by atoms with Gasteiger partial charge in [0.25, 0.3) is 0 Å². The van der Waals surface area contributed by atoms with Crippen LogP contribution in [0.4, 0.5) is 4.39 Å². The largest absolute Gasteiger partial charge is 0.207 e. The summed E-state index contributed by atoms with van der Waals surface area (Å²) in [5, 5.41) is 0. The maximum Gasteiger partial charge on any atom is 0.199 e. The van der Waals surface area contributed by atoms with Crippen molar-refractivity contribution in [2.24, 2.45) is 0 Å². The lowest BCUT2D eigenvalue weighted by Gasteiger charge is -2.07. The first-order valence-corrected chi connectivity index (χ1v) is 4.17. The van der Waals surface area contributed by atoms with Crippen LogP contribution in [-0.2, 0) is 0 Å². The summed E-state index contributed by atoms with van der Waals surface area (Å²) in [5.41, 5.74) is 3.11. The van der Waals surface area contributed by atoms with Gasteiger partial charge in [-0.15, -0.1) is 5.98 Å². The van der Waals surface area contributed by atoms with E-state index in [-0.39, 0.29) is 5.82 Å². The summed E-state index contributed by atoms with van der Waals surface area (Å²) in [5.74, 6) is 2.02. The zero-order chi connectivity index (χ0) is 8.72. The number of halogens is 1. The summed E-state index contributed by atoms with van der Waals surface area (Å²) in [4.78, 5) is 0. The Bertz CT molecular complexity index is 355. The Labute approximate surface area is 72.2 Å². The van der Waals surface area contributed by atoms with Crippen LogP contribution < -0.4 is 5.46 Å². The van der Waals surface area contributed by atoms with Gasteiger partial charge in [0, 0.05) is 0 Å². The summed E-state index contributed by atoms with van der Waals surface area (Å²) in [6, 6.07) is 3.38. The van der Waals surface area contributed by atoms with Gasteiger partial charge in [0.2, 0.25) is 0 Å². The number of fused-ring (bicyclic) bond motifs is 1. The molecule has 0 unspecified atom stereocenters. The van der Waals surface area contributed by atoms with Crippen molar-refractivity contribution in [3.8, 4) is 0 Å². The molecule has 1 aromatic rings.